The Labute approximate surface area is 266 Å². The van der Waals surface area contributed by atoms with Crippen molar-refractivity contribution in [3.8, 4) is 46.2 Å². The van der Waals surface area contributed by atoms with Crippen molar-refractivity contribution < 1.29 is 0 Å². The fourth-order valence-electron chi connectivity index (χ4n) is 6.94. The lowest BCUT2D eigenvalue weighted by atomic mass is 9.83. The first-order valence-electron chi connectivity index (χ1n) is 16.3. The SMILES string of the molecule is CC(C)[Si](C#Cc1cc(C(C)(C)C)cc(C#C[Si](C(C)C)(C(C)C)C(C)C)c1C#CC#C[Si](C)(C)C)(C(C)C)C(C)C. The van der Waals surface area contributed by atoms with Crippen LogP contribution in [-0.4, -0.2) is 24.2 Å². The molecule has 0 heterocycles. The van der Waals surface area contributed by atoms with Crippen molar-refractivity contribution in [3.63, 3.8) is 0 Å². The van der Waals surface area contributed by atoms with Crippen molar-refractivity contribution in [1.82, 2.24) is 0 Å². The van der Waals surface area contributed by atoms with Gasteiger partial charge < -0.3 is 0 Å². The minimum absolute atomic E-state index is 0.0260. The summed E-state index contributed by atoms with van der Waals surface area (Å²) in [7, 11) is -5.38. The lowest BCUT2D eigenvalue weighted by molar-refractivity contribution is 0.590. The third-order valence-electron chi connectivity index (χ3n) is 9.25. The summed E-state index contributed by atoms with van der Waals surface area (Å²) in [6, 6.07) is 4.60. The van der Waals surface area contributed by atoms with Crippen molar-refractivity contribution in [1.29, 1.82) is 0 Å². The Bertz CT molecular complexity index is 1210. The molecule has 1 rings (SSSR count). The van der Waals surface area contributed by atoms with Gasteiger partial charge in [-0.2, -0.15) is 0 Å². The van der Waals surface area contributed by atoms with Crippen LogP contribution in [0.15, 0.2) is 12.1 Å². The first-order valence-corrected chi connectivity index (χ1v) is 24.3. The lowest BCUT2D eigenvalue weighted by Gasteiger charge is -2.38. The molecule has 0 radical (unpaired) electrons. The maximum absolute atomic E-state index is 3.99. The molecule has 0 bridgehead atoms. The number of benzene rings is 1. The summed E-state index contributed by atoms with van der Waals surface area (Å²) in [5, 5.41) is 0. The van der Waals surface area contributed by atoms with Crippen LogP contribution in [0.2, 0.25) is 52.9 Å². The molecule has 0 fully saturated rings. The van der Waals surface area contributed by atoms with Crippen molar-refractivity contribution in [2.24, 2.45) is 0 Å². The van der Waals surface area contributed by atoms with Gasteiger partial charge in [-0.3, -0.25) is 0 Å². The molecule has 42 heavy (non-hydrogen) atoms. The van der Waals surface area contributed by atoms with Gasteiger partial charge in [-0.25, -0.2) is 0 Å². The maximum Gasteiger partial charge on any atom is 0.146 e. The van der Waals surface area contributed by atoms with E-state index in [4.69, 9.17) is 0 Å². The van der Waals surface area contributed by atoms with Gasteiger partial charge in [0.25, 0.3) is 0 Å². The van der Waals surface area contributed by atoms with Crippen LogP contribution in [0.5, 0.6) is 0 Å². The minimum atomic E-state index is -1.93. The first-order chi connectivity index (χ1) is 19.0. The van der Waals surface area contributed by atoms with Crippen LogP contribution in [0.4, 0.5) is 0 Å². The van der Waals surface area contributed by atoms with E-state index in [1.165, 1.54) is 5.56 Å². The van der Waals surface area contributed by atoms with Crippen LogP contribution in [0, 0.1) is 46.2 Å². The van der Waals surface area contributed by atoms with Crippen molar-refractivity contribution in [3.05, 3.63) is 34.4 Å². The third-order valence-corrected chi connectivity index (χ3v) is 22.7. The third kappa shape index (κ3) is 9.06. The number of rotatable bonds is 6. The van der Waals surface area contributed by atoms with Crippen LogP contribution in [0.1, 0.15) is 126 Å². The van der Waals surface area contributed by atoms with Gasteiger partial charge in [0.05, 0.1) is 5.56 Å². The first kappa shape index (κ1) is 38.1. The summed E-state index contributed by atoms with van der Waals surface area (Å²) >= 11 is 0. The van der Waals surface area contributed by atoms with Crippen molar-refractivity contribution in [2.45, 2.75) is 162 Å². The molecule has 0 N–H and O–H groups in total. The van der Waals surface area contributed by atoms with Crippen LogP contribution in [0.25, 0.3) is 0 Å². The van der Waals surface area contributed by atoms with Gasteiger partial charge in [-0.15, -0.1) is 16.6 Å². The van der Waals surface area contributed by atoms with E-state index in [1.54, 1.807) is 0 Å². The van der Waals surface area contributed by atoms with Gasteiger partial charge in [-0.05, 0) is 68.2 Å². The second-order valence-electron chi connectivity index (χ2n) is 16.2. The molecular weight excluding hydrogens is 553 g/mol. The molecule has 1 aromatic carbocycles. The Morgan fingerprint density at radius 3 is 1.10 bits per heavy atom. The second-order valence-corrected chi connectivity index (χ2v) is 32.2. The molecule has 0 nitrogen and oxygen atoms in total. The quantitative estimate of drug-likeness (QED) is 0.221. The Hall–Kier alpha value is -1.89. The van der Waals surface area contributed by atoms with Gasteiger partial charge in [0.1, 0.15) is 24.2 Å². The number of hydrogen-bond donors (Lipinski definition) is 0. The van der Waals surface area contributed by atoms with Crippen LogP contribution in [0.3, 0.4) is 0 Å². The van der Waals surface area contributed by atoms with Gasteiger partial charge in [0, 0.05) is 11.1 Å². The standard InChI is InChI=1S/C39H62Si3/c1-29(2)41(30(3)4,31(5)6)25-22-35-27-37(39(13,14)15)28-36(38(35)21-19-20-24-40(16,17)18)23-26-42(32(7)8,33(9)10)34(11)12/h27-34H,1-18H3. The average Bonchev–Trinajstić information content (AvgIpc) is 2.80. The van der Waals surface area contributed by atoms with E-state index in [0.29, 0.717) is 33.2 Å². The minimum Gasteiger partial charge on any atom is -0.125 e. The van der Waals surface area contributed by atoms with Crippen molar-refractivity contribution >= 4 is 24.2 Å². The molecule has 3 heteroatoms. The predicted molar refractivity (Wildman–Crippen MR) is 199 cm³/mol. The van der Waals surface area contributed by atoms with E-state index >= 15 is 0 Å². The summed E-state index contributed by atoms with van der Waals surface area (Å²) in [5.41, 5.74) is 19.1. The van der Waals surface area contributed by atoms with Crippen molar-refractivity contribution in [2.75, 3.05) is 0 Å². The molecule has 0 aromatic heterocycles. The summed E-state index contributed by atoms with van der Waals surface area (Å²) < 4.78 is 0. The Morgan fingerprint density at radius 2 is 0.833 bits per heavy atom. The molecule has 1 aromatic rings. The molecule has 0 saturated heterocycles. The van der Waals surface area contributed by atoms with Crippen LogP contribution >= 0.6 is 0 Å². The fraction of sp³-hybridized carbons (Fsp3) is 0.641. The van der Waals surface area contributed by atoms with Gasteiger partial charge in [0.2, 0.25) is 0 Å². The predicted octanol–water partition coefficient (Wildman–Crippen LogP) is 11.4. The van der Waals surface area contributed by atoms with Gasteiger partial charge >= 0.3 is 0 Å². The fourth-order valence-corrected chi connectivity index (χ4v) is 17.8. The summed E-state index contributed by atoms with van der Waals surface area (Å²) in [6.45, 7) is 42.2. The van der Waals surface area contributed by atoms with E-state index in [1.807, 2.05) is 0 Å². The summed E-state index contributed by atoms with van der Waals surface area (Å²) in [6.07, 6.45) is 0. The normalized spacial score (nSPS) is 12.6. The Morgan fingerprint density at radius 1 is 0.500 bits per heavy atom. The number of hydrogen-bond acceptors (Lipinski definition) is 0. The molecule has 0 atom stereocenters. The molecule has 0 saturated carbocycles. The highest BCUT2D eigenvalue weighted by molar-refractivity contribution is 6.91. The maximum atomic E-state index is 3.99. The largest absolute Gasteiger partial charge is 0.146 e. The zero-order valence-electron chi connectivity index (χ0n) is 30.6. The van der Waals surface area contributed by atoms with Gasteiger partial charge in [0.15, 0.2) is 0 Å². The Balaban J connectivity index is 4.37. The highest BCUT2D eigenvalue weighted by atomic mass is 28.3. The topological polar surface area (TPSA) is 0 Å². The van der Waals surface area contributed by atoms with E-state index in [0.717, 1.165) is 16.7 Å². The average molecular weight is 615 g/mol. The van der Waals surface area contributed by atoms with E-state index in [9.17, 15) is 0 Å². The highest BCUT2D eigenvalue weighted by Crippen LogP contribution is 2.42. The molecule has 0 aliphatic carbocycles. The van der Waals surface area contributed by atoms with Gasteiger partial charge in [-0.1, -0.05) is 141 Å². The highest BCUT2D eigenvalue weighted by Gasteiger charge is 2.42. The molecule has 0 amide bonds. The molecular formula is C39H62Si3. The van der Waals surface area contributed by atoms with E-state index < -0.39 is 24.2 Å². The zero-order chi connectivity index (χ0) is 32.8. The molecule has 0 spiro atoms. The summed E-state index contributed by atoms with van der Waals surface area (Å²) in [4.78, 5) is 0. The van der Waals surface area contributed by atoms with Crippen LogP contribution < -0.4 is 0 Å². The van der Waals surface area contributed by atoms with E-state index in [-0.39, 0.29) is 5.41 Å². The second kappa shape index (κ2) is 14.7. The zero-order valence-corrected chi connectivity index (χ0v) is 33.6. The lowest BCUT2D eigenvalue weighted by Crippen LogP contribution is -2.43. The summed E-state index contributed by atoms with van der Waals surface area (Å²) in [5.74, 6) is 17.5. The molecule has 0 aliphatic heterocycles. The molecule has 0 unspecified atom stereocenters. The molecule has 0 aliphatic rings. The monoisotopic (exact) mass is 614 g/mol. The Kier molecular flexibility index (Phi) is 13.4. The van der Waals surface area contributed by atoms with E-state index in [2.05, 4.69) is 182 Å². The van der Waals surface area contributed by atoms with Crippen LogP contribution in [-0.2, 0) is 5.41 Å². The molecule has 230 valence electrons. The smallest absolute Gasteiger partial charge is 0.125 e.